The van der Waals surface area contributed by atoms with Crippen LogP contribution in [0.5, 0.6) is 0 Å². The van der Waals surface area contributed by atoms with Crippen LogP contribution in [-0.2, 0) is 4.74 Å². The van der Waals surface area contributed by atoms with Crippen molar-refractivity contribution in [3.63, 3.8) is 0 Å². The van der Waals surface area contributed by atoms with Crippen LogP contribution in [0.3, 0.4) is 0 Å². The predicted octanol–water partition coefficient (Wildman–Crippen LogP) is 4.34. The Hall–Kier alpha value is -3.74. The molecule has 2 aromatic carbocycles. The zero-order valence-corrected chi connectivity index (χ0v) is 15.6. The second kappa shape index (κ2) is 8.77. The Balaban J connectivity index is 1.70. The third-order valence-electron chi connectivity index (χ3n) is 3.85. The van der Waals surface area contributed by atoms with Gasteiger partial charge in [-0.2, -0.15) is 4.98 Å². The number of hydrogen-bond donors (Lipinski definition) is 2. The summed E-state index contributed by atoms with van der Waals surface area (Å²) in [4.78, 5) is 31.8. The van der Waals surface area contributed by atoms with Gasteiger partial charge in [0.15, 0.2) is 5.78 Å². The molecule has 0 saturated carbocycles. The van der Waals surface area contributed by atoms with E-state index in [1.807, 2.05) is 6.07 Å². The van der Waals surface area contributed by atoms with E-state index in [9.17, 15) is 9.59 Å². The highest BCUT2D eigenvalue weighted by Gasteiger charge is 2.07. The largest absolute Gasteiger partial charge is 0.462 e. The van der Waals surface area contributed by atoms with Crippen LogP contribution in [0.4, 0.5) is 23.1 Å². The van der Waals surface area contributed by atoms with Crippen molar-refractivity contribution in [3.8, 4) is 0 Å². The molecule has 28 heavy (non-hydrogen) atoms. The Labute approximate surface area is 162 Å². The number of nitrogens with zero attached hydrogens (tertiary/aromatic N) is 2. The molecule has 0 radical (unpaired) electrons. The van der Waals surface area contributed by atoms with Crippen molar-refractivity contribution in [1.82, 2.24) is 9.97 Å². The van der Waals surface area contributed by atoms with Crippen molar-refractivity contribution >= 4 is 34.9 Å². The second-order valence-corrected chi connectivity index (χ2v) is 5.95. The van der Waals surface area contributed by atoms with E-state index >= 15 is 0 Å². The molecule has 0 bridgehead atoms. The van der Waals surface area contributed by atoms with E-state index in [0.717, 1.165) is 11.4 Å². The van der Waals surface area contributed by atoms with Crippen LogP contribution < -0.4 is 10.6 Å². The highest BCUT2D eigenvalue weighted by Crippen LogP contribution is 2.19. The number of esters is 1. The average Bonchev–Trinajstić information content (AvgIpc) is 2.69. The maximum atomic E-state index is 11.7. The summed E-state index contributed by atoms with van der Waals surface area (Å²) in [5, 5.41) is 6.25. The van der Waals surface area contributed by atoms with Gasteiger partial charge in [0, 0.05) is 23.1 Å². The molecule has 0 atom stereocenters. The van der Waals surface area contributed by atoms with Gasteiger partial charge in [0.25, 0.3) is 0 Å². The van der Waals surface area contributed by atoms with E-state index in [2.05, 4.69) is 20.6 Å². The van der Waals surface area contributed by atoms with Gasteiger partial charge >= 0.3 is 5.97 Å². The molecule has 0 aliphatic carbocycles. The highest BCUT2D eigenvalue weighted by atomic mass is 16.5. The molecule has 0 fully saturated rings. The van der Waals surface area contributed by atoms with Crippen LogP contribution in [0.15, 0.2) is 60.8 Å². The number of ketones is 1. The van der Waals surface area contributed by atoms with Gasteiger partial charge in [0.1, 0.15) is 5.82 Å². The normalized spacial score (nSPS) is 10.2. The topological polar surface area (TPSA) is 93.2 Å². The number of ether oxygens (including phenoxy) is 1. The van der Waals surface area contributed by atoms with Crippen LogP contribution >= 0.6 is 0 Å². The molecule has 0 amide bonds. The lowest BCUT2D eigenvalue weighted by molar-refractivity contribution is 0.0526. The van der Waals surface area contributed by atoms with Crippen LogP contribution in [0.2, 0.25) is 0 Å². The summed E-state index contributed by atoms with van der Waals surface area (Å²) in [7, 11) is 0. The summed E-state index contributed by atoms with van der Waals surface area (Å²) < 4.78 is 4.97. The SMILES string of the molecule is CCOC(=O)c1ccc(Nc2ccnc(Nc3cccc(C(C)=O)c3)n2)cc1. The Morgan fingerprint density at radius 1 is 0.964 bits per heavy atom. The van der Waals surface area contributed by atoms with Crippen LogP contribution in [0, 0.1) is 0 Å². The summed E-state index contributed by atoms with van der Waals surface area (Å²) in [6.07, 6.45) is 1.62. The van der Waals surface area contributed by atoms with Crippen LogP contribution in [-0.4, -0.2) is 28.3 Å². The minimum Gasteiger partial charge on any atom is -0.462 e. The van der Waals surface area contributed by atoms with E-state index in [1.54, 1.807) is 61.7 Å². The number of carbonyl (C=O) groups is 2. The molecule has 1 aromatic heterocycles. The molecule has 0 spiro atoms. The first-order valence-corrected chi connectivity index (χ1v) is 8.80. The van der Waals surface area contributed by atoms with Gasteiger partial charge in [0.05, 0.1) is 12.2 Å². The molecule has 142 valence electrons. The molecule has 7 nitrogen and oxygen atoms in total. The van der Waals surface area contributed by atoms with E-state index < -0.39 is 0 Å². The summed E-state index contributed by atoms with van der Waals surface area (Å²) in [6.45, 7) is 3.63. The number of aromatic nitrogens is 2. The van der Waals surface area contributed by atoms with Crippen LogP contribution in [0.1, 0.15) is 34.6 Å². The minimum absolute atomic E-state index is 0.00810. The Kier molecular flexibility index (Phi) is 5.96. The molecule has 0 aliphatic heterocycles. The first-order valence-electron chi connectivity index (χ1n) is 8.80. The highest BCUT2D eigenvalue weighted by molar-refractivity contribution is 5.95. The van der Waals surface area contributed by atoms with Crippen molar-refractivity contribution in [2.24, 2.45) is 0 Å². The number of Topliss-reactive ketones (excluding diaryl/α,β-unsaturated/α-hetero) is 1. The van der Waals surface area contributed by atoms with Gasteiger partial charge in [-0.1, -0.05) is 12.1 Å². The van der Waals surface area contributed by atoms with Gasteiger partial charge in [-0.3, -0.25) is 4.79 Å². The fourth-order valence-corrected chi connectivity index (χ4v) is 2.49. The lowest BCUT2D eigenvalue weighted by Gasteiger charge is -2.09. The molecule has 0 unspecified atom stereocenters. The molecule has 1 heterocycles. The lowest BCUT2D eigenvalue weighted by Crippen LogP contribution is -2.04. The van der Waals surface area contributed by atoms with Gasteiger partial charge in [-0.15, -0.1) is 0 Å². The molecule has 3 aromatic rings. The van der Waals surface area contributed by atoms with Crippen molar-refractivity contribution in [2.75, 3.05) is 17.2 Å². The molecule has 0 aliphatic rings. The molecule has 7 heteroatoms. The zero-order chi connectivity index (χ0) is 19.9. The van der Waals surface area contributed by atoms with Gasteiger partial charge in [-0.05, 0) is 56.3 Å². The number of carbonyl (C=O) groups excluding carboxylic acids is 2. The smallest absolute Gasteiger partial charge is 0.338 e. The standard InChI is InChI=1S/C21H20N4O3/c1-3-28-20(27)15-7-9-17(10-8-15)23-19-11-12-22-21(25-19)24-18-6-4-5-16(13-18)14(2)26/h4-13H,3H2,1-2H3,(H2,22,23,24,25). The Bertz CT molecular complexity index is 987. The van der Waals surface area contributed by atoms with E-state index in [-0.39, 0.29) is 11.8 Å². The summed E-state index contributed by atoms with van der Waals surface area (Å²) in [5.74, 6) is 0.625. The Morgan fingerprint density at radius 3 is 2.46 bits per heavy atom. The molecular formula is C21H20N4O3. The first kappa shape index (κ1) is 19.0. The van der Waals surface area contributed by atoms with Crippen molar-refractivity contribution < 1.29 is 14.3 Å². The number of rotatable bonds is 7. The molecule has 2 N–H and O–H groups in total. The quantitative estimate of drug-likeness (QED) is 0.468. The van der Waals surface area contributed by atoms with Gasteiger partial charge in [0.2, 0.25) is 5.95 Å². The predicted molar refractivity (Wildman–Crippen MR) is 107 cm³/mol. The van der Waals surface area contributed by atoms with Gasteiger partial charge < -0.3 is 15.4 Å². The summed E-state index contributed by atoms with van der Waals surface area (Å²) in [5.41, 5.74) is 2.60. The van der Waals surface area contributed by atoms with Crippen LogP contribution in [0.25, 0.3) is 0 Å². The first-order chi connectivity index (χ1) is 13.5. The third kappa shape index (κ3) is 4.91. The van der Waals surface area contributed by atoms with E-state index in [4.69, 9.17) is 4.74 Å². The van der Waals surface area contributed by atoms with Gasteiger partial charge in [-0.25, -0.2) is 9.78 Å². The van der Waals surface area contributed by atoms with Crippen molar-refractivity contribution in [3.05, 3.63) is 71.9 Å². The number of anilines is 4. The number of hydrogen-bond acceptors (Lipinski definition) is 7. The maximum Gasteiger partial charge on any atom is 0.338 e. The third-order valence-corrected chi connectivity index (χ3v) is 3.85. The van der Waals surface area contributed by atoms with E-state index in [0.29, 0.717) is 29.5 Å². The van der Waals surface area contributed by atoms with Crippen molar-refractivity contribution in [1.29, 1.82) is 0 Å². The molecular weight excluding hydrogens is 356 g/mol. The lowest BCUT2D eigenvalue weighted by atomic mass is 10.1. The zero-order valence-electron chi connectivity index (χ0n) is 15.6. The summed E-state index contributed by atoms with van der Waals surface area (Å²) >= 11 is 0. The van der Waals surface area contributed by atoms with Crippen molar-refractivity contribution in [2.45, 2.75) is 13.8 Å². The summed E-state index contributed by atoms with van der Waals surface area (Å²) in [6, 6.07) is 15.8. The molecule has 0 saturated heterocycles. The average molecular weight is 376 g/mol. The Morgan fingerprint density at radius 2 is 1.75 bits per heavy atom. The number of benzene rings is 2. The maximum absolute atomic E-state index is 11.7. The fourth-order valence-electron chi connectivity index (χ4n) is 2.49. The van der Waals surface area contributed by atoms with E-state index in [1.165, 1.54) is 6.92 Å². The number of nitrogens with one attached hydrogen (secondary N) is 2. The minimum atomic E-state index is -0.352. The molecule has 3 rings (SSSR count). The second-order valence-electron chi connectivity index (χ2n) is 5.95. The fraction of sp³-hybridized carbons (Fsp3) is 0.143. The monoisotopic (exact) mass is 376 g/mol.